The molecule has 0 unspecified atom stereocenters. The van der Waals surface area contributed by atoms with E-state index in [2.05, 4.69) is 0 Å². The molecule has 19 heavy (non-hydrogen) atoms. The summed E-state index contributed by atoms with van der Waals surface area (Å²) in [6.07, 6.45) is 0. The third-order valence-electron chi connectivity index (χ3n) is 3.44. The number of carbonyl (C=O) groups excluding carboxylic acids is 1. The maximum absolute atomic E-state index is 12.6. The molecular formula is C14H18ClNO2S. The fraction of sp³-hybridized carbons (Fsp3) is 0.500. The maximum Gasteiger partial charge on any atom is 0.254 e. The van der Waals surface area contributed by atoms with Gasteiger partial charge in [-0.1, -0.05) is 11.6 Å². The lowest BCUT2D eigenvalue weighted by atomic mass is 10.0. The first-order chi connectivity index (χ1) is 8.81. The van der Waals surface area contributed by atoms with Gasteiger partial charge in [0.05, 0.1) is 0 Å². The zero-order valence-electron chi connectivity index (χ0n) is 11.4. The number of benzene rings is 1. The molecule has 1 aliphatic heterocycles. The Balaban J connectivity index is 2.28. The highest BCUT2D eigenvalue weighted by Gasteiger charge is 2.36. The second kappa shape index (κ2) is 5.25. The minimum Gasteiger partial charge on any atom is -0.332 e. The number of rotatable bonds is 1. The van der Waals surface area contributed by atoms with Crippen molar-refractivity contribution in [2.75, 3.05) is 18.1 Å². The molecule has 1 saturated heterocycles. The monoisotopic (exact) mass is 299 g/mol. The molecule has 0 saturated carbocycles. The Morgan fingerprint density at radius 2 is 2.11 bits per heavy atom. The van der Waals surface area contributed by atoms with Gasteiger partial charge >= 0.3 is 0 Å². The van der Waals surface area contributed by atoms with E-state index in [9.17, 15) is 9.00 Å². The minimum atomic E-state index is -0.826. The van der Waals surface area contributed by atoms with Crippen LogP contribution in [0, 0.1) is 6.92 Å². The molecule has 0 aromatic heterocycles. The summed E-state index contributed by atoms with van der Waals surface area (Å²) in [5.41, 5.74) is 1.17. The number of nitrogens with zero attached hydrogens (tertiary/aromatic N) is 1. The van der Waals surface area contributed by atoms with Crippen molar-refractivity contribution >= 4 is 28.3 Å². The first-order valence-electron chi connectivity index (χ1n) is 6.24. The van der Waals surface area contributed by atoms with Crippen LogP contribution in [0.2, 0.25) is 5.02 Å². The van der Waals surface area contributed by atoms with Crippen LogP contribution in [0.1, 0.15) is 29.8 Å². The van der Waals surface area contributed by atoms with Crippen LogP contribution in [0.15, 0.2) is 18.2 Å². The van der Waals surface area contributed by atoms with Gasteiger partial charge in [-0.2, -0.15) is 0 Å². The summed E-state index contributed by atoms with van der Waals surface area (Å²) in [7, 11) is -0.826. The Bertz CT molecular complexity index is 542. The van der Waals surface area contributed by atoms with Gasteiger partial charge in [-0.15, -0.1) is 0 Å². The van der Waals surface area contributed by atoms with Crippen LogP contribution < -0.4 is 0 Å². The fourth-order valence-corrected chi connectivity index (χ4v) is 3.94. The van der Waals surface area contributed by atoms with Crippen LogP contribution >= 0.6 is 11.6 Å². The third-order valence-corrected chi connectivity index (χ3v) is 5.53. The molecule has 1 heterocycles. The lowest BCUT2D eigenvalue weighted by Gasteiger charge is -2.42. The molecular weight excluding hydrogens is 282 g/mol. The number of hydrogen-bond donors (Lipinski definition) is 0. The van der Waals surface area contributed by atoms with E-state index in [1.807, 2.05) is 31.7 Å². The highest BCUT2D eigenvalue weighted by molar-refractivity contribution is 7.85. The van der Waals surface area contributed by atoms with E-state index in [-0.39, 0.29) is 11.4 Å². The van der Waals surface area contributed by atoms with Gasteiger partial charge in [0.15, 0.2) is 0 Å². The Morgan fingerprint density at radius 1 is 1.42 bits per heavy atom. The van der Waals surface area contributed by atoms with Crippen LogP contribution in [0.3, 0.4) is 0 Å². The van der Waals surface area contributed by atoms with E-state index in [1.54, 1.807) is 12.1 Å². The smallest absolute Gasteiger partial charge is 0.254 e. The summed E-state index contributed by atoms with van der Waals surface area (Å²) in [5, 5.41) is 0.663. The van der Waals surface area contributed by atoms with Crippen molar-refractivity contribution in [3.05, 3.63) is 34.3 Å². The van der Waals surface area contributed by atoms with Crippen molar-refractivity contribution in [1.82, 2.24) is 4.90 Å². The summed E-state index contributed by atoms with van der Waals surface area (Å²) >= 11 is 5.98. The second-order valence-corrected chi connectivity index (χ2v) is 7.51. The fourth-order valence-electron chi connectivity index (χ4n) is 2.35. The second-order valence-electron chi connectivity index (χ2n) is 5.52. The van der Waals surface area contributed by atoms with E-state index < -0.39 is 10.8 Å². The Morgan fingerprint density at radius 3 is 2.68 bits per heavy atom. The lowest BCUT2D eigenvalue weighted by molar-refractivity contribution is 0.0594. The molecule has 1 amide bonds. The average Bonchev–Trinajstić information content (AvgIpc) is 2.30. The van der Waals surface area contributed by atoms with Crippen molar-refractivity contribution in [2.24, 2.45) is 0 Å². The van der Waals surface area contributed by atoms with Crippen molar-refractivity contribution in [1.29, 1.82) is 0 Å². The van der Waals surface area contributed by atoms with E-state index >= 15 is 0 Å². The van der Waals surface area contributed by atoms with E-state index in [0.29, 0.717) is 28.6 Å². The van der Waals surface area contributed by atoms with Gasteiger partial charge in [0.25, 0.3) is 5.91 Å². The zero-order chi connectivity index (χ0) is 14.2. The van der Waals surface area contributed by atoms with E-state index in [1.165, 1.54) is 0 Å². The zero-order valence-corrected chi connectivity index (χ0v) is 13.0. The first kappa shape index (κ1) is 14.5. The molecule has 1 aromatic rings. The number of halogens is 1. The quantitative estimate of drug-likeness (QED) is 0.799. The maximum atomic E-state index is 12.6. The summed E-state index contributed by atoms with van der Waals surface area (Å²) in [5.74, 6) is 1.08. The molecule has 1 aromatic carbocycles. The van der Waals surface area contributed by atoms with Gasteiger partial charge in [0, 0.05) is 45.0 Å². The number of aryl methyl sites for hydroxylation is 1. The molecule has 0 N–H and O–H groups in total. The molecule has 0 aliphatic carbocycles. The molecule has 1 fully saturated rings. The molecule has 5 heteroatoms. The topological polar surface area (TPSA) is 37.4 Å². The highest BCUT2D eigenvalue weighted by atomic mass is 35.5. The van der Waals surface area contributed by atoms with Gasteiger partial charge in [-0.25, -0.2) is 0 Å². The van der Waals surface area contributed by atoms with Gasteiger partial charge < -0.3 is 4.90 Å². The molecule has 0 bridgehead atoms. The Kier molecular flexibility index (Phi) is 4.02. The van der Waals surface area contributed by atoms with Gasteiger partial charge in [0.2, 0.25) is 0 Å². The molecule has 1 atom stereocenters. The number of amides is 1. The predicted molar refractivity (Wildman–Crippen MR) is 79.2 cm³/mol. The molecule has 0 spiro atoms. The van der Waals surface area contributed by atoms with E-state index in [0.717, 1.165) is 5.56 Å². The van der Waals surface area contributed by atoms with Gasteiger partial charge in [-0.3, -0.25) is 9.00 Å². The number of carbonyl (C=O) groups is 1. The lowest BCUT2D eigenvalue weighted by Crippen LogP contribution is -2.56. The van der Waals surface area contributed by atoms with Crippen LogP contribution in [0.4, 0.5) is 0 Å². The van der Waals surface area contributed by atoms with Crippen LogP contribution in [0.25, 0.3) is 0 Å². The van der Waals surface area contributed by atoms with Crippen molar-refractivity contribution < 1.29 is 9.00 Å². The SMILES string of the molecule is Cc1cc(C(=O)N2CC[S@](=O)CC2(C)C)ccc1Cl. The summed E-state index contributed by atoms with van der Waals surface area (Å²) in [4.78, 5) is 14.4. The van der Waals surface area contributed by atoms with Gasteiger partial charge in [-0.05, 0) is 44.5 Å². The standard InChI is InChI=1S/C14H18ClNO2S/c1-10-8-11(4-5-12(10)15)13(17)16-6-7-19(18)9-14(16,2)3/h4-5,8H,6-7,9H2,1-3H3/t19-/m0/s1. The largest absolute Gasteiger partial charge is 0.332 e. The molecule has 1 aliphatic rings. The van der Waals surface area contributed by atoms with Crippen LogP contribution in [-0.4, -0.2) is 38.6 Å². The van der Waals surface area contributed by atoms with Crippen molar-refractivity contribution in [2.45, 2.75) is 26.3 Å². The average molecular weight is 300 g/mol. The molecule has 3 nitrogen and oxygen atoms in total. The number of hydrogen-bond acceptors (Lipinski definition) is 2. The normalized spacial score (nSPS) is 22.3. The predicted octanol–water partition coefficient (Wildman–Crippen LogP) is 2.63. The Hall–Kier alpha value is -0.870. The van der Waals surface area contributed by atoms with Crippen LogP contribution in [0.5, 0.6) is 0 Å². The first-order valence-corrected chi connectivity index (χ1v) is 8.11. The molecule has 2 rings (SSSR count). The highest BCUT2D eigenvalue weighted by Crippen LogP contribution is 2.24. The van der Waals surface area contributed by atoms with Gasteiger partial charge in [0.1, 0.15) is 0 Å². The Labute approximate surface area is 121 Å². The summed E-state index contributed by atoms with van der Waals surface area (Å²) < 4.78 is 11.6. The van der Waals surface area contributed by atoms with Crippen molar-refractivity contribution in [3.8, 4) is 0 Å². The van der Waals surface area contributed by atoms with Crippen molar-refractivity contribution in [3.63, 3.8) is 0 Å². The van der Waals surface area contributed by atoms with Crippen LogP contribution in [-0.2, 0) is 10.8 Å². The summed E-state index contributed by atoms with van der Waals surface area (Å²) in [6, 6.07) is 5.31. The summed E-state index contributed by atoms with van der Waals surface area (Å²) in [6.45, 7) is 6.35. The third kappa shape index (κ3) is 3.00. The van der Waals surface area contributed by atoms with E-state index in [4.69, 9.17) is 11.6 Å². The molecule has 104 valence electrons. The molecule has 0 radical (unpaired) electrons. The minimum absolute atomic E-state index is 0.0125.